The fraction of sp³-hybridized carbons (Fsp3) is 0.211. The van der Waals surface area contributed by atoms with Crippen LogP contribution in [0.2, 0.25) is 10.0 Å². The van der Waals surface area contributed by atoms with Crippen molar-refractivity contribution in [3.05, 3.63) is 70.4 Å². The molecule has 3 aromatic rings. The van der Waals surface area contributed by atoms with Gasteiger partial charge in [-0.15, -0.1) is 0 Å². The van der Waals surface area contributed by atoms with Gasteiger partial charge < -0.3 is 9.73 Å². The van der Waals surface area contributed by atoms with Gasteiger partial charge in [0.05, 0.1) is 11.2 Å². The predicted octanol–water partition coefficient (Wildman–Crippen LogP) is 4.33. The topological polar surface area (TPSA) is 68.0 Å². The first-order valence-corrected chi connectivity index (χ1v) is 8.94. The van der Waals surface area contributed by atoms with E-state index < -0.39 is 0 Å². The predicted molar refractivity (Wildman–Crippen MR) is 101 cm³/mol. The van der Waals surface area contributed by atoms with E-state index in [0.29, 0.717) is 47.5 Å². The summed E-state index contributed by atoms with van der Waals surface area (Å²) < 4.78 is 5.69. The molecule has 5 nitrogen and oxygen atoms in total. The van der Waals surface area contributed by atoms with Gasteiger partial charge in [-0.05, 0) is 30.3 Å². The zero-order valence-electron chi connectivity index (χ0n) is 13.9. The highest BCUT2D eigenvalue weighted by molar-refractivity contribution is 6.36. The van der Waals surface area contributed by atoms with Crippen LogP contribution in [0.1, 0.15) is 18.0 Å². The first kappa shape index (κ1) is 18.4. The number of nitrogens with one attached hydrogen (secondary N) is 1. The van der Waals surface area contributed by atoms with E-state index in [2.05, 4.69) is 15.3 Å². The van der Waals surface area contributed by atoms with Gasteiger partial charge in [0.2, 0.25) is 5.91 Å². The van der Waals surface area contributed by atoms with Gasteiger partial charge in [-0.3, -0.25) is 9.78 Å². The van der Waals surface area contributed by atoms with Crippen LogP contribution in [0, 0.1) is 0 Å². The quantitative estimate of drug-likeness (QED) is 0.652. The van der Waals surface area contributed by atoms with Crippen LogP contribution in [0.15, 0.2) is 53.2 Å². The van der Waals surface area contributed by atoms with Crippen LogP contribution in [0.3, 0.4) is 0 Å². The number of amides is 1. The van der Waals surface area contributed by atoms with E-state index in [4.69, 9.17) is 27.6 Å². The summed E-state index contributed by atoms with van der Waals surface area (Å²) in [6.07, 6.45) is 4.76. The smallest absolute Gasteiger partial charge is 0.220 e. The molecule has 1 N–H and O–H groups in total. The molecule has 1 amide bonds. The zero-order valence-corrected chi connectivity index (χ0v) is 15.4. The molecule has 2 heterocycles. The van der Waals surface area contributed by atoms with Crippen LogP contribution in [-0.2, 0) is 17.6 Å². The minimum atomic E-state index is -0.0507. The fourth-order valence-electron chi connectivity index (χ4n) is 2.42. The molecule has 0 spiro atoms. The first-order chi connectivity index (χ1) is 12.6. The molecule has 0 unspecified atom stereocenters. The maximum atomic E-state index is 11.9. The van der Waals surface area contributed by atoms with Gasteiger partial charge in [-0.1, -0.05) is 29.3 Å². The Labute approximate surface area is 161 Å². The highest BCUT2D eigenvalue weighted by Gasteiger charge is 2.11. The second-order valence-corrected chi connectivity index (χ2v) is 6.51. The Morgan fingerprint density at radius 2 is 2.00 bits per heavy atom. The SMILES string of the molecule is O=C(CCc1ncc(-c2ccc(Cl)cc2Cl)o1)NCCc1ccccn1. The van der Waals surface area contributed by atoms with Crippen molar-refractivity contribution in [2.24, 2.45) is 0 Å². The molecule has 1 aromatic carbocycles. The summed E-state index contributed by atoms with van der Waals surface area (Å²) in [4.78, 5) is 20.4. The molecule has 0 radical (unpaired) electrons. The molecule has 0 aliphatic heterocycles. The number of carbonyl (C=O) groups is 1. The summed E-state index contributed by atoms with van der Waals surface area (Å²) in [7, 11) is 0. The normalized spacial score (nSPS) is 10.7. The molecule has 26 heavy (non-hydrogen) atoms. The van der Waals surface area contributed by atoms with Crippen molar-refractivity contribution in [2.45, 2.75) is 19.3 Å². The minimum absolute atomic E-state index is 0.0507. The monoisotopic (exact) mass is 389 g/mol. The summed E-state index contributed by atoms with van der Waals surface area (Å²) >= 11 is 12.1. The lowest BCUT2D eigenvalue weighted by atomic mass is 10.2. The maximum absolute atomic E-state index is 11.9. The Morgan fingerprint density at radius 1 is 1.12 bits per heavy atom. The number of rotatable bonds is 7. The molecule has 0 atom stereocenters. The Morgan fingerprint density at radius 3 is 2.77 bits per heavy atom. The molecule has 0 saturated carbocycles. The van der Waals surface area contributed by atoms with E-state index in [1.165, 1.54) is 0 Å². The van der Waals surface area contributed by atoms with Gasteiger partial charge in [0.1, 0.15) is 0 Å². The number of halogens is 2. The standard InChI is InChI=1S/C19H17Cl2N3O2/c20-13-4-5-15(16(21)11-13)17-12-24-19(26-17)7-6-18(25)23-10-8-14-3-1-2-9-22-14/h1-5,9,11-12H,6-8,10H2,(H,23,25). The number of hydrogen-bond acceptors (Lipinski definition) is 4. The maximum Gasteiger partial charge on any atom is 0.220 e. The first-order valence-electron chi connectivity index (χ1n) is 8.18. The van der Waals surface area contributed by atoms with E-state index in [-0.39, 0.29) is 5.91 Å². The van der Waals surface area contributed by atoms with Crippen molar-refractivity contribution in [1.29, 1.82) is 0 Å². The van der Waals surface area contributed by atoms with Gasteiger partial charge in [0.25, 0.3) is 0 Å². The number of hydrogen-bond donors (Lipinski definition) is 1. The number of aromatic nitrogens is 2. The van der Waals surface area contributed by atoms with Crippen molar-refractivity contribution >= 4 is 29.1 Å². The molecule has 2 aromatic heterocycles. The van der Waals surface area contributed by atoms with Crippen LogP contribution in [0.5, 0.6) is 0 Å². The van der Waals surface area contributed by atoms with Gasteiger partial charge in [0.15, 0.2) is 11.7 Å². The van der Waals surface area contributed by atoms with E-state index in [1.807, 2.05) is 18.2 Å². The van der Waals surface area contributed by atoms with Crippen molar-refractivity contribution in [2.75, 3.05) is 6.54 Å². The fourth-order valence-corrected chi connectivity index (χ4v) is 2.93. The summed E-state index contributed by atoms with van der Waals surface area (Å²) in [5.74, 6) is 0.994. The van der Waals surface area contributed by atoms with E-state index in [9.17, 15) is 4.79 Å². The van der Waals surface area contributed by atoms with Crippen molar-refractivity contribution in [3.8, 4) is 11.3 Å². The number of benzene rings is 1. The van der Waals surface area contributed by atoms with E-state index >= 15 is 0 Å². The largest absolute Gasteiger partial charge is 0.441 e. The number of nitrogens with zero attached hydrogens (tertiary/aromatic N) is 2. The third-order valence-corrected chi connectivity index (χ3v) is 4.29. The van der Waals surface area contributed by atoms with E-state index in [0.717, 1.165) is 11.3 Å². The van der Waals surface area contributed by atoms with Crippen LogP contribution in [0.4, 0.5) is 0 Å². The Kier molecular flexibility index (Phi) is 6.26. The van der Waals surface area contributed by atoms with Gasteiger partial charge in [0, 0.05) is 48.3 Å². The third-order valence-electron chi connectivity index (χ3n) is 3.75. The zero-order chi connectivity index (χ0) is 18.4. The molecule has 0 saturated heterocycles. The van der Waals surface area contributed by atoms with Gasteiger partial charge in [-0.2, -0.15) is 0 Å². The summed E-state index contributed by atoms with van der Waals surface area (Å²) in [6.45, 7) is 0.549. The number of oxazole rings is 1. The average molecular weight is 390 g/mol. The molecule has 0 bridgehead atoms. The minimum Gasteiger partial charge on any atom is -0.441 e. The molecular formula is C19H17Cl2N3O2. The van der Waals surface area contributed by atoms with Crippen LogP contribution in [0.25, 0.3) is 11.3 Å². The lowest BCUT2D eigenvalue weighted by Gasteiger charge is -2.04. The van der Waals surface area contributed by atoms with Crippen LogP contribution < -0.4 is 5.32 Å². The number of aryl methyl sites for hydroxylation is 1. The molecule has 0 fully saturated rings. The molecule has 7 heteroatoms. The lowest BCUT2D eigenvalue weighted by molar-refractivity contribution is -0.121. The molecular weight excluding hydrogens is 373 g/mol. The van der Waals surface area contributed by atoms with E-state index in [1.54, 1.807) is 30.6 Å². The number of pyridine rings is 1. The second-order valence-electron chi connectivity index (χ2n) is 5.66. The van der Waals surface area contributed by atoms with Gasteiger partial charge >= 0.3 is 0 Å². The second kappa shape index (κ2) is 8.83. The Hall–Kier alpha value is -2.37. The van der Waals surface area contributed by atoms with Crippen LogP contribution >= 0.6 is 23.2 Å². The van der Waals surface area contributed by atoms with Gasteiger partial charge in [-0.25, -0.2) is 4.98 Å². The highest BCUT2D eigenvalue weighted by atomic mass is 35.5. The molecule has 134 valence electrons. The summed E-state index contributed by atoms with van der Waals surface area (Å²) in [5, 5.41) is 3.92. The molecule has 0 aliphatic carbocycles. The third kappa shape index (κ3) is 5.07. The molecule has 3 rings (SSSR count). The highest BCUT2D eigenvalue weighted by Crippen LogP contribution is 2.30. The average Bonchev–Trinajstić information content (AvgIpc) is 3.09. The van der Waals surface area contributed by atoms with Crippen molar-refractivity contribution in [1.82, 2.24) is 15.3 Å². The van der Waals surface area contributed by atoms with Crippen molar-refractivity contribution in [3.63, 3.8) is 0 Å². The Balaban J connectivity index is 1.47. The van der Waals surface area contributed by atoms with Crippen molar-refractivity contribution < 1.29 is 9.21 Å². The molecule has 0 aliphatic rings. The Bertz CT molecular complexity index is 882. The lowest BCUT2D eigenvalue weighted by Crippen LogP contribution is -2.26. The number of carbonyl (C=O) groups excluding carboxylic acids is 1. The van der Waals surface area contributed by atoms with Crippen LogP contribution in [-0.4, -0.2) is 22.4 Å². The summed E-state index contributed by atoms with van der Waals surface area (Å²) in [6, 6.07) is 10.9. The summed E-state index contributed by atoms with van der Waals surface area (Å²) in [5.41, 5.74) is 1.67.